The van der Waals surface area contributed by atoms with Crippen molar-refractivity contribution < 1.29 is 9.47 Å². The molecular weight excluding hydrogens is 366 g/mol. The van der Waals surface area contributed by atoms with Crippen molar-refractivity contribution in [2.45, 2.75) is 12.8 Å². The number of anilines is 1. The van der Waals surface area contributed by atoms with Crippen molar-refractivity contribution in [2.75, 3.05) is 46.1 Å². The van der Waals surface area contributed by atoms with Crippen molar-refractivity contribution in [2.24, 2.45) is 9.98 Å². The Morgan fingerprint density at radius 1 is 0.862 bits per heavy atom. The quantitative estimate of drug-likeness (QED) is 0.651. The van der Waals surface area contributed by atoms with Crippen molar-refractivity contribution >= 4 is 17.4 Å². The highest BCUT2D eigenvalue weighted by atomic mass is 16.5. The highest BCUT2D eigenvalue weighted by molar-refractivity contribution is 5.86. The highest BCUT2D eigenvalue weighted by Gasteiger charge is 2.11. The number of aliphatic imine (C=N–C) groups is 2. The van der Waals surface area contributed by atoms with Crippen LogP contribution in [0.15, 0.2) is 52.4 Å². The minimum Gasteiger partial charge on any atom is -0.497 e. The number of methoxy groups -OCH3 is 2. The largest absolute Gasteiger partial charge is 0.497 e. The van der Waals surface area contributed by atoms with Gasteiger partial charge in [-0.2, -0.15) is 0 Å². The molecule has 154 valence electrons. The van der Waals surface area contributed by atoms with Gasteiger partial charge in [-0.3, -0.25) is 9.98 Å². The monoisotopic (exact) mass is 395 g/mol. The van der Waals surface area contributed by atoms with Gasteiger partial charge in [0, 0.05) is 37.2 Å². The maximum atomic E-state index is 5.59. The molecular formula is C22H29N5O2. The summed E-state index contributed by atoms with van der Waals surface area (Å²) in [6.07, 6.45) is 1.65. The fourth-order valence-corrected chi connectivity index (χ4v) is 3.16. The van der Waals surface area contributed by atoms with E-state index in [0.717, 1.165) is 73.4 Å². The van der Waals surface area contributed by atoms with Crippen LogP contribution < -0.4 is 25.8 Å². The number of nitrogens with two attached hydrogens (primary N) is 1. The van der Waals surface area contributed by atoms with Crippen LogP contribution in [0.1, 0.15) is 11.1 Å². The van der Waals surface area contributed by atoms with Crippen molar-refractivity contribution in [1.82, 2.24) is 10.6 Å². The van der Waals surface area contributed by atoms with Crippen LogP contribution in [0.5, 0.6) is 11.5 Å². The van der Waals surface area contributed by atoms with E-state index in [-0.39, 0.29) is 0 Å². The summed E-state index contributed by atoms with van der Waals surface area (Å²) < 4.78 is 10.5. The molecule has 0 saturated heterocycles. The molecule has 29 heavy (non-hydrogen) atoms. The van der Waals surface area contributed by atoms with Crippen LogP contribution in [0.4, 0.5) is 5.69 Å². The van der Waals surface area contributed by atoms with E-state index in [9.17, 15) is 0 Å². The van der Waals surface area contributed by atoms with E-state index in [1.807, 2.05) is 42.5 Å². The first-order valence-corrected chi connectivity index (χ1v) is 9.77. The minimum absolute atomic E-state index is 0.764. The molecule has 2 heterocycles. The van der Waals surface area contributed by atoms with Gasteiger partial charge in [0.25, 0.3) is 0 Å². The normalized spacial score (nSPS) is 14.7. The first kappa shape index (κ1) is 20.5. The molecule has 0 fully saturated rings. The molecule has 0 saturated carbocycles. The molecule has 2 aromatic rings. The molecule has 7 heteroatoms. The van der Waals surface area contributed by atoms with Gasteiger partial charge in [0.05, 0.1) is 27.3 Å². The zero-order valence-electron chi connectivity index (χ0n) is 17.1. The van der Waals surface area contributed by atoms with Crippen LogP contribution in [0.25, 0.3) is 0 Å². The number of nitrogens with zero attached hydrogens (tertiary/aromatic N) is 2. The van der Waals surface area contributed by atoms with E-state index in [1.165, 1.54) is 5.56 Å². The zero-order valence-corrected chi connectivity index (χ0v) is 17.1. The molecule has 0 spiro atoms. The predicted octanol–water partition coefficient (Wildman–Crippen LogP) is 2.06. The molecule has 0 aromatic heterocycles. The SMILES string of the molecule is COc1ccc(OC)c(CC2=NCCN2)c1.Nc1ccc(CC2=NCCN2)cc1. The lowest BCUT2D eigenvalue weighted by atomic mass is 10.1. The Hall–Kier alpha value is -3.22. The third-order valence-electron chi connectivity index (χ3n) is 4.68. The van der Waals surface area contributed by atoms with Gasteiger partial charge in [-0.1, -0.05) is 12.1 Å². The first-order chi connectivity index (χ1) is 14.2. The highest BCUT2D eigenvalue weighted by Crippen LogP contribution is 2.24. The third-order valence-corrected chi connectivity index (χ3v) is 4.68. The number of nitrogens with one attached hydrogen (secondary N) is 2. The molecule has 7 nitrogen and oxygen atoms in total. The number of ether oxygens (including phenoxy) is 2. The van der Waals surface area contributed by atoms with E-state index >= 15 is 0 Å². The molecule has 0 radical (unpaired) electrons. The van der Waals surface area contributed by atoms with E-state index < -0.39 is 0 Å². The lowest BCUT2D eigenvalue weighted by Gasteiger charge is -2.10. The van der Waals surface area contributed by atoms with Gasteiger partial charge in [0.15, 0.2) is 0 Å². The summed E-state index contributed by atoms with van der Waals surface area (Å²) in [5.74, 6) is 3.82. The Balaban J connectivity index is 0.000000169. The molecule has 4 rings (SSSR count). The Kier molecular flexibility index (Phi) is 7.33. The van der Waals surface area contributed by atoms with Crippen LogP contribution in [-0.2, 0) is 12.8 Å². The minimum atomic E-state index is 0.764. The predicted molar refractivity (Wildman–Crippen MR) is 118 cm³/mol. The summed E-state index contributed by atoms with van der Waals surface area (Å²) in [6, 6.07) is 13.7. The van der Waals surface area contributed by atoms with Crippen molar-refractivity contribution in [3.05, 3.63) is 53.6 Å². The second kappa shape index (κ2) is 10.4. The average Bonchev–Trinajstić information content (AvgIpc) is 3.44. The summed E-state index contributed by atoms with van der Waals surface area (Å²) in [5.41, 5.74) is 8.74. The summed E-state index contributed by atoms with van der Waals surface area (Å²) in [4.78, 5) is 8.70. The summed E-state index contributed by atoms with van der Waals surface area (Å²) in [7, 11) is 3.34. The van der Waals surface area contributed by atoms with Crippen molar-refractivity contribution in [3.63, 3.8) is 0 Å². The summed E-state index contributed by atoms with van der Waals surface area (Å²) >= 11 is 0. The molecule has 4 N–H and O–H groups in total. The topological polar surface area (TPSA) is 93.3 Å². The molecule has 0 bridgehead atoms. The van der Waals surface area contributed by atoms with Gasteiger partial charge < -0.3 is 25.8 Å². The Labute approximate surface area is 172 Å². The standard InChI is InChI=1S/C12H16N2O2.C10H13N3/c1-15-10-3-4-11(16-2)9(7-10)8-12-13-5-6-14-12;11-9-3-1-8(2-4-9)7-10-12-5-6-13-10/h3-4,7H,5-6,8H2,1-2H3,(H,13,14);1-4H,5-7,11H2,(H,12,13). The van der Waals surface area contributed by atoms with E-state index in [2.05, 4.69) is 20.6 Å². The second-order valence-corrected chi connectivity index (χ2v) is 6.78. The fourth-order valence-electron chi connectivity index (χ4n) is 3.16. The molecule has 2 aliphatic heterocycles. The number of hydrogen-bond donors (Lipinski definition) is 3. The molecule has 0 aliphatic carbocycles. The Morgan fingerprint density at radius 2 is 1.52 bits per heavy atom. The summed E-state index contributed by atoms with van der Waals surface area (Å²) in [6.45, 7) is 3.68. The van der Waals surface area contributed by atoms with E-state index in [0.29, 0.717) is 0 Å². The second-order valence-electron chi connectivity index (χ2n) is 6.78. The van der Waals surface area contributed by atoms with Crippen molar-refractivity contribution in [3.8, 4) is 11.5 Å². The van der Waals surface area contributed by atoms with Crippen LogP contribution in [0, 0.1) is 0 Å². The molecule has 0 unspecified atom stereocenters. The molecule has 2 aromatic carbocycles. The van der Waals surface area contributed by atoms with Gasteiger partial charge >= 0.3 is 0 Å². The van der Waals surface area contributed by atoms with Gasteiger partial charge in [0.2, 0.25) is 0 Å². The third kappa shape index (κ3) is 6.14. The lowest BCUT2D eigenvalue weighted by molar-refractivity contribution is 0.400. The number of amidine groups is 2. The van der Waals surface area contributed by atoms with Crippen LogP contribution >= 0.6 is 0 Å². The molecule has 0 amide bonds. The number of rotatable bonds is 6. The molecule has 0 atom stereocenters. The van der Waals surface area contributed by atoms with Gasteiger partial charge in [-0.25, -0.2) is 0 Å². The van der Waals surface area contributed by atoms with Crippen LogP contribution in [0.3, 0.4) is 0 Å². The summed E-state index contributed by atoms with van der Waals surface area (Å²) in [5, 5.41) is 6.49. The number of benzene rings is 2. The fraction of sp³-hybridized carbons (Fsp3) is 0.364. The number of nitrogen functional groups attached to an aromatic ring is 1. The van der Waals surface area contributed by atoms with Gasteiger partial charge in [-0.15, -0.1) is 0 Å². The lowest BCUT2D eigenvalue weighted by Crippen LogP contribution is -2.20. The average molecular weight is 396 g/mol. The van der Waals surface area contributed by atoms with E-state index in [1.54, 1.807) is 14.2 Å². The number of hydrogen-bond acceptors (Lipinski definition) is 7. The zero-order chi connectivity index (χ0) is 20.5. The first-order valence-electron chi connectivity index (χ1n) is 9.77. The van der Waals surface area contributed by atoms with E-state index in [4.69, 9.17) is 15.2 Å². The van der Waals surface area contributed by atoms with Crippen molar-refractivity contribution in [1.29, 1.82) is 0 Å². The van der Waals surface area contributed by atoms with Gasteiger partial charge in [0.1, 0.15) is 23.2 Å². The van der Waals surface area contributed by atoms with Crippen LogP contribution in [-0.4, -0.2) is 52.1 Å². The Bertz CT molecular complexity index is 862. The molecule has 2 aliphatic rings. The maximum absolute atomic E-state index is 5.59. The van der Waals surface area contributed by atoms with Crippen LogP contribution in [0.2, 0.25) is 0 Å². The van der Waals surface area contributed by atoms with Gasteiger partial charge in [-0.05, 0) is 35.9 Å². The Morgan fingerprint density at radius 3 is 2.07 bits per heavy atom. The smallest absolute Gasteiger partial charge is 0.122 e. The maximum Gasteiger partial charge on any atom is 0.122 e.